The van der Waals surface area contributed by atoms with Gasteiger partial charge in [-0.1, -0.05) is 72.8 Å². The van der Waals surface area contributed by atoms with E-state index in [4.69, 9.17) is 4.74 Å². The Kier molecular flexibility index (Phi) is 4.53. The number of ether oxygens (including phenoxy) is 1. The fourth-order valence-corrected chi connectivity index (χ4v) is 2.61. The number of hydrogen-bond donors (Lipinski definition) is 0. The minimum absolute atomic E-state index is 0.297. The van der Waals surface area contributed by atoms with Gasteiger partial charge in [0.15, 0.2) is 0 Å². The summed E-state index contributed by atoms with van der Waals surface area (Å²) in [5, 5.41) is 2.26. The van der Waals surface area contributed by atoms with Crippen molar-refractivity contribution in [3.05, 3.63) is 90.0 Å². The first-order chi connectivity index (χ1) is 11.2. The van der Waals surface area contributed by atoms with Crippen LogP contribution >= 0.6 is 0 Å². The molecular formula is C21H18O2. The Labute approximate surface area is 136 Å². The number of benzene rings is 3. The van der Waals surface area contributed by atoms with Gasteiger partial charge >= 0.3 is 5.97 Å². The maximum atomic E-state index is 12.0. The lowest BCUT2D eigenvalue weighted by atomic mass is 10.0. The highest BCUT2D eigenvalue weighted by Crippen LogP contribution is 2.26. The Morgan fingerprint density at radius 3 is 2.43 bits per heavy atom. The topological polar surface area (TPSA) is 26.3 Å². The molecule has 3 aromatic carbocycles. The third kappa shape index (κ3) is 3.67. The highest BCUT2D eigenvalue weighted by atomic mass is 16.5. The van der Waals surface area contributed by atoms with E-state index in [0.29, 0.717) is 0 Å². The molecule has 23 heavy (non-hydrogen) atoms. The van der Waals surface area contributed by atoms with Crippen molar-refractivity contribution in [2.24, 2.45) is 0 Å². The first-order valence-electron chi connectivity index (χ1n) is 7.65. The van der Waals surface area contributed by atoms with Gasteiger partial charge in [-0.05, 0) is 34.9 Å². The maximum Gasteiger partial charge on any atom is 0.331 e. The quantitative estimate of drug-likeness (QED) is 0.491. The smallest absolute Gasteiger partial charge is 0.331 e. The minimum atomic E-state index is -0.339. The molecule has 3 aromatic rings. The van der Waals surface area contributed by atoms with Gasteiger partial charge in [0.2, 0.25) is 0 Å². The lowest BCUT2D eigenvalue weighted by Gasteiger charge is -2.14. The van der Waals surface area contributed by atoms with Gasteiger partial charge in [-0.2, -0.15) is 0 Å². The Balaban J connectivity index is 1.74. The predicted octanol–water partition coefficient (Wildman–Crippen LogP) is 5.16. The molecule has 0 heterocycles. The molecular weight excluding hydrogens is 284 g/mol. The van der Waals surface area contributed by atoms with Crippen LogP contribution in [0.15, 0.2) is 78.9 Å². The molecule has 0 spiro atoms. The van der Waals surface area contributed by atoms with E-state index in [9.17, 15) is 4.79 Å². The molecule has 0 saturated carbocycles. The third-order valence-corrected chi connectivity index (χ3v) is 3.77. The number of fused-ring (bicyclic) bond motifs is 1. The minimum Gasteiger partial charge on any atom is -0.455 e. The van der Waals surface area contributed by atoms with E-state index >= 15 is 0 Å². The van der Waals surface area contributed by atoms with Gasteiger partial charge in [0.1, 0.15) is 6.10 Å². The summed E-state index contributed by atoms with van der Waals surface area (Å²) in [6.07, 6.45) is 2.93. The highest BCUT2D eigenvalue weighted by Gasteiger charge is 2.12. The van der Waals surface area contributed by atoms with Gasteiger partial charge in [-0.3, -0.25) is 0 Å². The maximum absolute atomic E-state index is 12.0. The summed E-state index contributed by atoms with van der Waals surface area (Å²) in [5.74, 6) is -0.339. The Morgan fingerprint density at radius 1 is 0.913 bits per heavy atom. The van der Waals surface area contributed by atoms with E-state index in [1.165, 1.54) is 6.08 Å². The largest absolute Gasteiger partial charge is 0.455 e. The van der Waals surface area contributed by atoms with Crippen LogP contribution in [0.1, 0.15) is 24.2 Å². The summed E-state index contributed by atoms with van der Waals surface area (Å²) in [5.41, 5.74) is 1.99. The monoisotopic (exact) mass is 302 g/mol. The van der Waals surface area contributed by atoms with Crippen LogP contribution in [0.5, 0.6) is 0 Å². The molecule has 0 unspecified atom stereocenters. The lowest BCUT2D eigenvalue weighted by molar-refractivity contribution is -0.142. The van der Waals surface area contributed by atoms with Crippen molar-refractivity contribution < 1.29 is 9.53 Å². The summed E-state index contributed by atoms with van der Waals surface area (Å²) < 4.78 is 5.54. The molecule has 0 N–H and O–H groups in total. The second-order valence-electron chi connectivity index (χ2n) is 5.39. The predicted molar refractivity (Wildman–Crippen MR) is 93.9 cm³/mol. The highest BCUT2D eigenvalue weighted by molar-refractivity contribution is 5.88. The van der Waals surface area contributed by atoms with Crippen LogP contribution in [0.4, 0.5) is 0 Å². The summed E-state index contributed by atoms with van der Waals surface area (Å²) in [4.78, 5) is 12.0. The van der Waals surface area contributed by atoms with E-state index < -0.39 is 0 Å². The average Bonchev–Trinajstić information content (AvgIpc) is 2.60. The molecule has 0 aromatic heterocycles. The molecule has 2 nitrogen and oxygen atoms in total. The molecule has 1 atom stereocenters. The molecule has 0 saturated heterocycles. The molecule has 0 radical (unpaired) electrons. The standard InChI is InChI=1S/C21H18O2/c1-16(19-13-7-11-18-10-5-6-12-20(18)19)23-21(22)15-14-17-8-3-2-4-9-17/h2-16H,1H3/b15-14+/t16-/m0/s1. The molecule has 0 fully saturated rings. The number of carbonyl (C=O) groups excluding carboxylic acids is 1. The van der Waals surface area contributed by atoms with Gasteiger partial charge in [0.05, 0.1) is 0 Å². The number of esters is 1. The zero-order valence-corrected chi connectivity index (χ0v) is 13.0. The number of rotatable bonds is 4. The zero-order chi connectivity index (χ0) is 16.1. The van der Waals surface area contributed by atoms with Crippen LogP contribution in [0.3, 0.4) is 0 Å². The number of hydrogen-bond acceptors (Lipinski definition) is 2. The Hall–Kier alpha value is -2.87. The van der Waals surface area contributed by atoms with Crippen LogP contribution < -0.4 is 0 Å². The van der Waals surface area contributed by atoms with Crippen LogP contribution in [0.25, 0.3) is 16.8 Å². The number of carbonyl (C=O) groups is 1. The lowest BCUT2D eigenvalue weighted by Crippen LogP contribution is -2.06. The van der Waals surface area contributed by atoms with Gasteiger partial charge < -0.3 is 4.74 Å². The van der Waals surface area contributed by atoms with Crippen molar-refractivity contribution in [2.75, 3.05) is 0 Å². The molecule has 0 amide bonds. The summed E-state index contributed by atoms with van der Waals surface area (Å²) >= 11 is 0. The van der Waals surface area contributed by atoms with Crippen molar-refractivity contribution in [3.63, 3.8) is 0 Å². The van der Waals surface area contributed by atoms with Gasteiger partial charge in [0.25, 0.3) is 0 Å². The SMILES string of the molecule is C[C@H](OC(=O)/C=C/c1ccccc1)c1cccc2ccccc12. The van der Waals surface area contributed by atoms with Crippen LogP contribution in [0.2, 0.25) is 0 Å². The van der Waals surface area contributed by atoms with Crippen LogP contribution in [-0.2, 0) is 9.53 Å². The van der Waals surface area contributed by atoms with Crippen LogP contribution in [-0.4, -0.2) is 5.97 Å². The second-order valence-corrected chi connectivity index (χ2v) is 5.39. The van der Waals surface area contributed by atoms with E-state index in [0.717, 1.165) is 21.9 Å². The fourth-order valence-electron chi connectivity index (χ4n) is 2.61. The Bertz CT molecular complexity index is 829. The normalized spacial score (nSPS) is 12.4. The second kappa shape index (κ2) is 6.93. The van der Waals surface area contributed by atoms with Crippen molar-refractivity contribution >= 4 is 22.8 Å². The van der Waals surface area contributed by atoms with E-state index in [1.54, 1.807) is 6.08 Å². The molecule has 0 aliphatic rings. The first-order valence-corrected chi connectivity index (χ1v) is 7.65. The fraction of sp³-hybridized carbons (Fsp3) is 0.0952. The Morgan fingerprint density at radius 2 is 1.61 bits per heavy atom. The van der Waals surface area contributed by atoms with E-state index in [2.05, 4.69) is 18.2 Å². The van der Waals surface area contributed by atoms with Gasteiger partial charge in [0, 0.05) is 6.08 Å². The molecule has 0 aliphatic carbocycles. The summed E-state index contributed by atoms with van der Waals surface area (Å²) in [6, 6.07) is 23.9. The molecule has 114 valence electrons. The molecule has 2 heteroatoms. The molecule has 0 bridgehead atoms. The van der Waals surface area contributed by atoms with Crippen molar-refractivity contribution in [2.45, 2.75) is 13.0 Å². The molecule has 0 aliphatic heterocycles. The summed E-state index contributed by atoms with van der Waals surface area (Å²) in [6.45, 7) is 1.90. The molecule has 3 rings (SSSR count). The van der Waals surface area contributed by atoms with Crippen LogP contribution in [0, 0.1) is 0 Å². The van der Waals surface area contributed by atoms with Crippen molar-refractivity contribution in [3.8, 4) is 0 Å². The van der Waals surface area contributed by atoms with Gasteiger partial charge in [-0.25, -0.2) is 4.79 Å². The third-order valence-electron chi connectivity index (χ3n) is 3.77. The van der Waals surface area contributed by atoms with E-state index in [1.807, 2.05) is 61.5 Å². The van der Waals surface area contributed by atoms with Crippen molar-refractivity contribution in [1.29, 1.82) is 0 Å². The van der Waals surface area contributed by atoms with Crippen molar-refractivity contribution in [1.82, 2.24) is 0 Å². The first kappa shape index (κ1) is 15.0. The average molecular weight is 302 g/mol. The van der Waals surface area contributed by atoms with Gasteiger partial charge in [-0.15, -0.1) is 0 Å². The zero-order valence-electron chi connectivity index (χ0n) is 13.0. The summed E-state index contributed by atoms with van der Waals surface area (Å²) in [7, 11) is 0. The van der Waals surface area contributed by atoms with E-state index in [-0.39, 0.29) is 12.1 Å².